The summed E-state index contributed by atoms with van der Waals surface area (Å²) in [6, 6.07) is 7.48. The molecule has 0 aliphatic carbocycles. The standard InChI is InChI=1S/C15H10F2N2O2/c1-8-18-12-6-9(15(20)21)2-4-14(12)19(8)13-5-3-10(16)7-11(13)17/h2-7H,1H3,(H,20,21)/p-1. The summed E-state index contributed by atoms with van der Waals surface area (Å²) in [4.78, 5) is 15.1. The number of carboxylic acids is 1. The Hall–Kier alpha value is -2.76. The molecule has 2 aromatic carbocycles. The summed E-state index contributed by atoms with van der Waals surface area (Å²) < 4.78 is 28.4. The Morgan fingerprint density at radius 1 is 1.19 bits per heavy atom. The number of carboxylic acid groups (broad SMARTS) is 1. The highest BCUT2D eigenvalue weighted by Crippen LogP contribution is 2.24. The van der Waals surface area contributed by atoms with Crippen LogP contribution in [0.15, 0.2) is 36.4 Å². The molecule has 0 saturated carbocycles. The molecular weight excluding hydrogens is 278 g/mol. The van der Waals surface area contributed by atoms with E-state index in [1.54, 1.807) is 6.92 Å². The molecule has 0 spiro atoms. The molecule has 0 aliphatic rings. The number of nitrogens with zero attached hydrogens (tertiary/aromatic N) is 2. The molecule has 1 heterocycles. The van der Waals surface area contributed by atoms with Crippen molar-refractivity contribution >= 4 is 17.0 Å². The van der Waals surface area contributed by atoms with Gasteiger partial charge in [0.05, 0.1) is 22.7 Å². The largest absolute Gasteiger partial charge is 0.545 e. The van der Waals surface area contributed by atoms with Gasteiger partial charge in [-0.25, -0.2) is 13.8 Å². The first kappa shape index (κ1) is 13.2. The Morgan fingerprint density at radius 3 is 2.62 bits per heavy atom. The third-order valence-corrected chi connectivity index (χ3v) is 3.21. The predicted molar refractivity (Wildman–Crippen MR) is 70.1 cm³/mol. The molecule has 0 atom stereocenters. The summed E-state index contributed by atoms with van der Waals surface area (Å²) in [6.07, 6.45) is 0. The second-order valence-electron chi connectivity index (χ2n) is 4.58. The lowest BCUT2D eigenvalue weighted by Crippen LogP contribution is -2.21. The Labute approximate surface area is 118 Å². The van der Waals surface area contributed by atoms with Crippen molar-refractivity contribution in [1.82, 2.24) is 9.55 Å². The van der Waals surface area contributed by atoms with Crippen molar-refractivity contribution in [2.75, 3.05) is 0 Å². The van der Waals surface area contributed by atoms with E-state index in [2.05, 4.69) is 4.98 Å². The summed E-state index contributed by atoms with van der Waals surface area (Å²) in [5, 5.41) is 10.9. The Morgan fingerprint density at radius 2 is 1.95 bits per heavy atom. The fourth-order valence-electron chi connectivity index (χ4n) is 2.29. The first-order chi connectivity index (χ1) is 9.97. The number of hydrogen-bond donors (Lipinski definition) is 0. The van der Waals surface area contributed by atoms with E-state index in [1.165, 1.54) is 28.8 Å². The third kappa shape index (κ3) is 2.14. The number of fused-ring (bicyclic) bond motifs is 1. The van der Waals surface area contributed by atoms with Gasteiger partial charge in [-0.2, -0.15) is 0 Å². The molecule has 106 valence electrons. The average molecular weight is 287 g/mol. The fraction of sp³-hybridized carbons (Fsp3) is 0.0667. The number of benzene rings is 2. The van der Waals surface area contributed by atoms with Crippen LogP contribution in [-0.4, -0.2) is 15.5 Å². The van der Waals surface area contributed by atoms with Crippen molar-refractivity contribution in [2.24, 2.45) is 0 Å². The maximum atomic E-state index is 13.9. The van der Waals surface area contributed by atoms with E-state index in [9.17, 15) is 18.7 Å². The van der Waals surface area contributed by atoms with Gasteiger partial charge in [0.1, 0.15) is 17.5 Å². The van der Waals surface area contributed by atoms with Crippen LogP contribution in [0.4, 0.5) is 8.78 Å². The number of imidazole rings is 1. The van der Waals surface area contributed by atoms with Crippen molar-refractivity contribution in [1.29, 1.82) is 0 Å². The van der Waals surface area contributed by atoms with Crippen molar-refractivity contribution in [2.45, 2.75) is 6.92 Å². The SMILES string of the molecule is Cc1nc2cc(C(=O)[O-])ccc2n1-c1ccc(F)cc1F. The number of carbonyl (C=O) groups excluding carboxylic acids is 1. The van der Waals surface area contributed by atoms with Gasteiger partial charge in [0.2, 0.25) is 0 Å². The van der Waals surface area contributed by atoms with Crippen molar-refractivity contribution in [3.8, 4) is 5.69 Å². The lowest BCUT2D eigenvalue weighted by molar-refractivity contribution is -0.255. The number of carbonyl (C=O) groups is 1. The minimum absolute atomic E-state index is 0.00766. The summed E-state index contributed by atoms with van der Waals surface area (Å²) >= 11 is 0. The van der Waals surface area contributed by atoms with Crippen LogP contribution < -0.4 is 5.11 Å². The molecule has 3 rings (SSSR count). The second-order valence-corrected chi connectivity index (χ2v) is 4.58. The molecule has 0 unspecified atom stereocenters. The van der Waals surface area contributed by atoms with Gasteiger partial charge in [0.15, 0.2) is 0 Å². The van der Waals surface area contributed by atoms with E-state index < -0.39 is 17.6 Å². The predicted octanol–water partition coefficient (Wildman–Crippen LogP) is 1.98. The molecule has 0 radical (unpaired) electrons. The maximum absolute atomic E-state index is 13.9. The van der Waals surface area contributed by atoms with Gasteiger partial charge in [-0.15, -0.1) is 0 Å². The van der Waals surface area contributed by atoms with Crippen LogP contribution in [-0.2, 0) is 0 Å². The van der Waals surface area contributed by atoms with Gasteiger partial charge in [0, 0.05) is 6.07 Å². The van der Waals surface area contributed by atoms with E-state index in [0.29, 0.717) is 16.9 Å². The summed E-state index contributed by atoms with van der Waals surface area (Å²) in [7, 11) is 0. The van der Waals surface area contributed by atoms with Gasteiger partial charge in [-0.1, -0.05) is 6.07 Å². The summed E-state index contributed by atoms with van der Waals surface area (Å²) in [6.45, 7) is 1.65. The monoisotopic (exact) mass is 287 g/mol. The fourth-order valence-corrected chi connectivity index (χ4v) is 2.29. The molecule has 0 bridgehead atoms. The second kappa shape index (κ2) is 4.66. The zero-order chi connectivity index (χ0) is 15.1. The topological polar surface area (TPSA) is 57.9 Å². The van der Waals surface area contributed by atoms with Crippen molar-refractivity contribution < 1.29 is 18.7 Å². The first-order valence-electron chi connectivity index (χ1n) is 6.13. The zero-order valence-corrected chi connectivity index (χ0v) is 10.9. The van der Waals surface area contributed by atoms with E-state index in [1.807, 2.05) is 0 Å². The Balaban J connectivity index is 2.27. The molecule has 3 aromatic rings. The van der Waals surface area contributed by atoms with Crippen LogP contribution in [0.25, 0.3) is 16.7 Å². The smallest absolute Gasteiger partial charge is 0.150 e. The van der Waals surface area contributed by atoms with Crippen LogP contribution in [0.2, 0.25) is 0 Å². The highest BCUT2D eigenvalue weighted by molar-refractivity contribution is 5.91. The number of aromatic carboxylic acids is 1. The Kier molecular flexibility index (Phi) is 2.94. The quantitative estimate of drug-likeness (QED) is 0.724. The van der Waals surface area contributed by atoms with Crippen LogP contribution in [0.5, 0.6) is 0 Å². The molecule has 0 amide bonds. The lowest BCUT2D eigenvalue weighted by Gasteiger charge is -2.08. The molecule has 4 nitrogen and oxygen atoms in total. The van der Waals surface area contributed by atoms with Gasteiger partial charge in [-0.3, -0.25) is 4.57 Å². The molecule has 0 saturated heterocycles. The molecule has 21 heavy (non-hydrogen) atoms. The van der Waals surface area contributed by atoms with Crippen LogP contribution in [0.1, 0.15) is 16.2 Å². The number of aryl methyl sites for hydroxylation is 1. The normalized spacial score (nSPS) is 11.0. The molecule has 6 heteroatoms. The minimum Gasteiger partial charge on any atom is -0.545 e. The van der Waals surface area contributed by atoms with Gasteiger partial charge >= 0.3 is 0 Å². The van der Waals surface area contributed by atoms with Gasteiger partial charge in [0.25, 0.3) is 0 Å². The van der Waals surface area contributed by atoms with Crippen molar-refractivity contribution in [3.05, 3.63) is 59.4 Å². The van der Waals surface area contributed by atoms with Crippen molar-refractivity contribution in [3.63, 3.8) is 0 Å². The van der Waals surface area contributed by atoms with E-state index in [4.69, 9.17) is 0 Å². The summed E-state index contributed by atoms with van der Waals surface area (Å²) in [5.74, 6) is -2.23. The van der Waals surface area contributed by atoms with Gasteiger partial charge in [-0.05, 0) is 36.8 Å². The number of aromatic nitrogens is 2. The van der Waals surface area contributed by atoms with Crippen LogP contribution >= 0.6 is 0 Å². The third-order valence-electron chi connectivity index (χ3n) is 3.21. The molecular formula is C15H9F2N2O2-. The van der Waals surface area contributed by atoms with E-state index in [-0.39, 0.29) is 11.3 Å². The number of rotatable bonds is 2. The average Bonchev–Trinajstić information content (AvgIpc) is 2.74. The number of hydrogen-bond acceptors (Lipinski definition) is 3. The highest BCUT2D eigenvalue weighted by atomic mass is 19.1. The Bertz CT molecular complexity index is 871. The summed E-state index contributed by atoms with van der Waals surface area (Å²) in [5.41, 5.74) is 1.07. The molecule has 1 aromatic heterocycles. The molecule has 0 fully saturated rings. The lowest BCUT2D eigenvalue weighted by atomic mass is 10.2. The maximum Gasteiger partial charge on any atom is 0.150 e. The van der Waals surface area contributed by atoms with Crippen LogP contribution in [0.3, 0.4) is 0 Å². The number of halogens is 2. The highest BCUT2D eigenvalue weighted by Gasteiger charge is 2.14. The zero-order valence-electron chi connectivity index (χ0n) is 10.9. The molecule has 0 N–H and O–H groups in total. The van der Waals surface area contributed by atoms with E-state index >= 15 is 0 Å². The van der Waals surface area contributed by atoms with Crippen LogP contribution in [0, 0.1) is 18.6 Å². The van der Waals surface area contributed by atoms with E-state index in [0.717, 1.165) is 12.1 Å². The first-order valence-corrected chi connectivity index (χ1v) is 6.13. The molecule has 0 aliphatic heterocycles. The van der Waals surface area contributed by atoms with Gasteiger partial charge < -0.3 is 9.90 Å². The minimum atomic E-state index is -1.31.